The molecule has 1 atom stereocenters. The molecule has 3 rings (SSSR count). The number of hydrogen-bond donors (Lipinski definition) is 2. The maximum absolute atomic E-state index is 12.6. The second-order valence-electron chi connectivity index (χ2n) is 6.02. The van der Waals surface area contributed by atoms with Gasteiger partial charge in [0.15, 0.2) is 0 Å². The van der Waals surface area contributed by atoms with Crippen LogP contribution < -0.4 is 11.1 Å². The maximum atomic E-state index is 12.6. The molecule has 23 heavy (non-hydrogen) atoms. The molecular weight excluding hydrogens is 286 g/mol. The van der Waals surface area contributed by atoms with Crippen molar-refractivity contribution in [1.29, 1.82) is 0 Å². The Hall–Kier alpha value is -2.33. The van der Waals surface area contributed by atoms with Gasteiger partial charge in [0.25, 0.3) is 0 Å². The van der Waals surface area contributed by atoms with Crippen LogP contribution >= 0.6 is 0 Å². The van der Waals surface area contributed by atoms with Crippen LogP contribution in [0.25, 0.3) is 11.1 Å². The minimum Gasteiger partial charge on any atom is -0.328 e. The molecule has 2 aromatic carbocycles. The number of urea groups is 1. The van der Waals surface area contributed by atoms with Gasteiger partial charge in [0, 0.05) is 24.7 Å². The summed E-state index contributed by atoms with van der Waals surface area (Å²) in [5.74, 6) is 0. The molecule has 1 heterocycles. The Morgan fingerprint density at radius 1 is 1.00 bits per heavy atom. The molecule has 3 N–H and O–H groups in total. The van der Waals surface area contributed by atoms with E-state index in [4.69, 9.17) is 5.73 Å². The molecule has 0 aromatic heterocycles. The van der Waals surface area contributed by atoms with Gasteiger partial charge in [-0.15, -0.1) is 0 Å². The van der Waals surface area contributed by atoms with E-state index in [1.54, 1.807) is 0 Å². The molecule has 2 amide bonds. The quantitative estimate of drug-likeness (QED) is 0.888. The summed E-state index contributed by atoms with van der Waals surface area (Å²) in [4.78, 5) is 14.5. The van der Waals surface area contributed by atoms with Gasteiger partial charge in [-0.1, -0.05) is 48.5 Å². The summed E-state index contributed by atoms with van der Waals surface area (Å²) in [7, 11) is 0. The second kappa shape index (κ2) is 7.29. The van der Waals surface area contributed by atoms with E-state index >= 15 is 0 Å². The van der Waals surface area contributed by atoms with Crippen molar-refractivity contribution in [2.24, 2.45) is 5.73 Å². The van der Waals surface area contributed by atoms with Crippen LogP contribution in [0.5, 0.6) is 0 Å². The number of amides is 2. The number of nitrogens with one attached hydrogen (secondary N) is 1. The van der Waals surface area contributed by atoms with E-state index in [2.05, 4.69) is 17.4 Å². The van der Waals surface area contributed by atoms with Crippen molar-refractivity contribution >= 4 is 11.7 Å². The molecule has 0 unspecified atom stereocenters. The first-order valence-electron chi connectivity index (χ1n) is 8.20. The molecule has 1 aliphatic rings. The Bertz CT molecular complexity index is 657. The predicted molar refractivity (Wildman–Crippen MR) is 94.3 cm³/mol. The van der Waals surface area contributed by atoms with Gasteiger partial charge in [0.2, 0.25) is 0 Å². The summed E-state index contributed by atoms with van der Waals surface area (Å²) in [5.41, 5.74) is 8.97. The van der Waals surface area contributed by atoms with Crippen molar-refractivity contribution in [2.45, 2.75) is 25.3 Å². The molecule has 0 spiro atoms. The molecule has 1 saturated heterocycles. The predicted octanol–water partition coefficient (Wildman–Crippen LogP) is 3.70. The SMILES string of the molecule is N[C@H]1CCCN(C(=O)Nc2ccccc2-c2ccccc2)CC1. The lowest BCUT2D eigenvalue weighted by Crippen LogP contribution is -2.36. The normalized spacial score (nSPS) is 18.3. The van der Waals surface area contributed by atoms with Crippen molar-refractivity contribution in [3.8, 4) is 11.1 Å². The van der Waals surface area contributed by atoms with Gasteiger partial charge in [-0.05, 0) is 30.9 Å². The standard InChI is InChI=1S/C19H23N3O/c20-16-9-6-13-22(14-12-16)19(23)21-18-11-5-4-10-17(18)15-7-2-1-3-8-15/h1-5,7-8,10-11,16H,6,9,12-14,20H2,(H,21,23)/t16-/m0/s1. The van der Waals surface area contributed by atoms with Crippen LogP contribution in [0.2, 0.25) is 0 Å². The zero-order valence-electron chi connectivity index (χ0n) is 13.2. The van der Waals surface area contributed by atoms with E-state index in [0.717, 1.165) is 49.2 Å². The van der Waals surface area contributed by atoms with Gasteiger partial charge >= 0.3 is 6.03 Å². The third-order valence-corrected chi connectivity index (χ3v) is 4.31. The zero-order chi connectivity index (χ0) is 16.1. The first-order chi connectivity index (χ1) is 11.2. The Morgan fingerprint density at radius 3 is 2.57 bits per heavy atom. The fourth-order valence-corrected chi connectivity index (χ4v) is 2.98. The van der Waals surface area contributed by atoms with Crippen LogP contribution in [0.15, 0.2) is 54.6 Å². The summed E-state index contributed by atoms with van der Waals surface area (Å²) in [6, 6.07) is 18.2. The van der Waals surface area contributed by atoms with Crippen molar-refractivity contribution in [1.82, 2.24) is 4.90 Å². The molecular formula is C19H23N3O. The number of nitrogens with two attached hydrogens (primary N) is 1. The summed E-state index contributed by atoms with van der Waals surface area (Å²) in [6.07, 6.45) is 2.83. The Balaban J connectivity index is 1.76. The maximum Gasteiger partial charge on any atom is 0.321 e. The fraction of sp³-hybridized carbons (Fsp3) is 0.316. The minimum absolute atomic E-state index is 0.0394. The molecule has 1 aliphatic heterocycles. The summed E-state index contributed by atoms with van der Waals surface area (Å²) < 4.78 is 0. The molecule has 1 fully saturated rings. The van der Waals surface area contributed by atoms with Crippen molar-refractivity contribution in [3.05, 3.63) is 54.6 Å². The van der Waals surface area contributed by atoms with E-state index < -0.39 is 0 Å². The third kappa shape index (κ3) is 3.90. The Kier molecular flexibility index (Phi) is 4.93. The van der Waals surface area contributed by atoms with Gasteiger partial charge in [-0.25, -0.2) is 4.79 Å². The molecule has 120 valence electrons. The first-order valence-corrected chi connectivity index (χ1v) is 8.20. The number of likely N-dealkylation sites (tertiary alicyclic amines) is 1. The van der Waals surface area contributed by atoms with Gasteiger partial charge in [0.05, 0.1) is 5.69 Å². The van der Waals surface area contributed by atoms with E-state index in [9.17, 15) is 4.79 Å². The summed E-state index contributed by atoms with van der Waals surface area (Å²) >= 11 is 0. The van der Waals surface area contributed by atoms with Crippen LogP contribution in [0.3, 0.4) is 0 Å². The molecule has 4 nitrogen and oxygen atoms in total. The average molecular weight is 309 g/mol. The highest BCUT2D eigenvalue weighted by Gasteiger charge is 2.19. The number of rotatable bonds is 2. The highest BCUT2D eigenvalue weighted by Crippen LogP contribution is 2.27. The Morgan fingerprint density at radius 2 is 1.74 bits per heavy atom. The van der Waals surface area contributed by atoms with Crippen LogP contribution in [0.1, 0.15) is 19.3 Å². The van der Waals surface area contributed by atoms with E-state index in [-0.39, 0.29) is 12.1 Å². The van der Waals surface area contributed by atoms with Crippen LogP contribution in [0.4, 0.5) is 10.5 Å². The van der Waals surface area contributed by atoms with Gasteiger partial charge < -0.3 is 16.0 Å². The minimum atomic E-state index is -0.0394. The van der Waals surface area contributed by atoms with Crippen LogP contribution in [-0.4, -0.2) is 30.1 Å². The lowest BCUT2D eigenvalue weighted by molar-refractivity contribution is 0.213. The number of hydrogen-bond acceptors (Lipinski definition) is 2. The first kappa shape index (κ1) is 15.6. The average Bonchev–Trinajstić information content (AvgIpc) is 2.81. The number of benzene rings is 2. The summed E-state index contributed by atoms with van der Waals surface area (Å²) in [5, 5.41) is 3.07. The summed E-state index contributed by atoms with van der Waals surface area (Å²) in [6.45, 7) is 1.49. The molecule has 0 bridgehead atoms. The molecule has 2 aromatic rings. The van der Waals surface area contributed by atoms with Crippen LogP contribution in [0, 0.1) is 0 Å². The van der Waals surface area contributed by atoms with Crippen molar-refractivity contribution in [2.75, 3.05) is 18.4 Å². The molecule has 4 heteroatoms. The highest BCUT2D eigenvalue weighted by atomic mass is 16.2. The lowest BCUT2D eigenvalue weighted by atomic mass is 10.0. The third-order valence-electron chi connectivity index (χ3n) is 4.31. The van der Waals surface area contributed by atoms with Gasteiger partial charge in [-0.3, -0.25) is 0 Å². The molecule has 0 aliphatic carbocycles. The van der Waals surface area contributed by atoms with E-state index in [1.807, 2.05) is 47.4 Å². The zero-order valence-corrected chi connectivity index (χ0v) is 13.2. The number of carbonyl (C=O) groups is 1. The lowest BCUT2D eigenvalue weighted by Gasteiger charge is -2.22. The number of para-hydroxylation sites is 1. The number of nitrogens with zero attached hydrogens (tertiary/aromatic N) is 1. The topological polar surface area (TPSA) is 58.4 Å². The second-order valence-corrected chi connectivity index (χ2v) is 6.02. The fourth-order valence-electron chi connectivity index (χ4n) is 2.98. The van der Waals surface area contributed by atoms with E-state index in [1.165, 1.54) is 0 Å². The van der Waals surface area contributed by atoms with Gasteiger partial charge in [0.1, 0.15) is 0 Å². The van der Waals surface area contributed by atoms with Gasteiger partial charge in [-0.2, -0.15) is 0 Å². The largest absolute Gasteiger partial charge is 0.328 e. The van der Waals surface area contributed by atoms with Crippen LogP contribution in [-0.2, 0) is 0 Å². The van der Waals surface area contributed by atoms with E-state index in [0.29, 0.717) is 0 Å². The highest BCUT2D eigenvalue weighted by molar-refractivity contribution is 5.94. The molecule has 0 saturated carbocycles. The monoisotopic (exact) mass is 309 g/mol. The number of carbonyl (C=O) groups excluding carboxylic acids is 1. The smallest absolute Gasteiger partial charge is 0.321 e. The number of anilines is 1. The van der Waals surface area contributed by atoms with Crippen molar-refractivity contribution in [3.63, 3.8) is 0 Å². The molecule has 0 radical (unpaired) electrons. The van der Waals surface area contributed by atoms with Crippen molar-refractivity contribution < 1.29 is 4.79 Å². The Labute approximate surface area is 137 Å².